The molecule has 1 aromatic heterocycles. The summed E-state index contributed by atoms with van der Waals surface area (Å²) >= 11 is 0. The maximum Gasteiger partial charge on any atom is 0.328 e. The van der Waals surface area contributed by atoms with Crippen LogP contribution in [0.4, 0.5) is 4.39 Å². The Morgan fingerprint density at radius 2 is 1.81 bits per heavy atom. The van der Waals surface area contributed by atoms with Gasteiger partial charge in [0.15, 0.2) is 5.78 Å². The van der Waals surface area contributed by atoms with Gasteiger partial charge in [-0.1, -0.05) is 31.2 Å². The quantitative estimate of drug-likeness (QED) is 0.664. The van der Waals surface area contributed by atoms with E-state index < -0.39 is 5.69 Å². The van der Waals surface area contributed by atoms with Crippen LogP contribution in [0.15, 0.2) is 63.7 Å². The highest BCUT2D eigenvalue weighted by atomic mass is 19.1. The van der Waals surface area contributed by atoms with E-state index in [2.05, 4.69) is 9.88 Å². The molecular formula is C24H24FN3O3. The Morgan fingerprint density at radius 3 is 2.55 bits per heavy atom. The van der Waals surface area contributed by atoms with Crippen molar-refractivity contribution in [2.75, 3.05) is 19.6 Å². The van der Waals surface area contributed by atoms with E-state index in [1.54, 1.807) is 36.4 Å². The fourth-order valence-electron chi connectivity index (χ4n) is 4.09. The smallest absolute Gasteiger partial charge is 0.307 e. The lowest BCUT2D eigenvalue weighted by atomic mass is 9.90. The highest BCUT2D eigenvalue weighted by Crippen LogP contribution is 2.28. The molecule has 0 unspecified atom stereocenters. The Bertz CT molecular complexity index is 1270. The molecule has 1 N–H and O–H groups in total. The molecule has 0 saturated heterocycles. The summed E-state index contributed by atoms with van der Waals surface area (Å²) in [7, 11) is 0. The third-order valence-corrected chi connectivity index (χ3v) is 5.80. The minimum absolute atomic E-state index is 0.0599. The number of nitrogens with one attached hydrogen (secondary N) is 1. The molecule has 0 aliphatic carbocycles. The zero-order chi connectivity index (χ0) is 22.0. The Morgan fingerprint density at radius 1 is 1.06 bits per heavy atom. The standard InChI is InChI=1S/C24H24FN3O3/c1-2-22(29)20-15-27(12-11-18(20)16-7-9-17(25)10-8-16)13-14-28-23(30)19-5-3-4-6-21(19)26-24(28)31/h3-10H,2,11-15H2,1H3,(H,26,31). The molecule has 7 heteroatoms. The number of aromatic nitrogens is 2. The lowest BCUT2D eigenvalue weighted by molar-refractivity contribution is -0.115. The fourth-order valence-corrected chi connectivity index (χ4v) is 4.09. The van der Waals surface area contributed by atoms with Gasteiger partial charge in [-0.05, 0) is 41.8 Å². The minimum Gasteiger partial charge on any atom is -0.307 e. The van der Waals surface area contributed by atoms with Crippen molar-refractivity contribution in [3.05, 3.63) is 86.3 Å². The fraction of sp³-hybridized carbons (Fsp3) is 0.292. The molecule has 2 aromatic carbocycles. The summed E-state index contributed by atoms with van der Waals surface area (Å²) in [6, 6.07) is 13.2. The van der Waals surface area contributed by atoms with Crippen LogP contribution in [0.2, 0.25) is 0 Å². The zero-order valence-electron chi connectivity index (χ0n) is 17.4. The topological polar surface area (TPSA) is 75.2 Å². The minimum atomic E-state index is -0.437. The number of fused-ring (bicyclic) bond motifs is 1. The maximum atomic E-state index is 13.3. The highest BCUT2D eigenvalue weighted by Gasteiger charge is 2.24. The van der Waals surface area contributed by atoms with Crippen LogP contribution in [0, 0.1) is 5.82 Å². The van der Waals surface area contributed by atoms with Gasteiger partial charge in [0.1, 0.15) is 5.82 Å². The summed E-state index contributed by atoms with van der Waals surface area (Å²) in [4.78, 5) is 42.6. The average Bonchev–Trinajstić information content (AvgIpc) is 2.79. The first-order valence-electron chi connectivity index (χ1n) is 10.4. The Hall–Kier alpha value is -3.32. The SMILES string of the molecule is CCC(=O)C1=C(c2ccc(F)cc2)CCN(CCn2c(=O)[nH]c3ccccc3c2=O)C1. The van der Waals surface area contributed by atoms with Gasteiger partial charge in [0.05, 0.1) is 10.9 Å². The summed E-state index contributed by atoms with van der Waals surface area (Å²) in [6.07, 6.45) is 1.04. The number of benzene rings is 2. The molecule has 3 aromatic rings. The second kappa shape index (κ2) is 8.81. The van der Waals surface area contributed by atoms with Gasteiger partial charge in [0.2, 0.25) is 0 Å². The molecule has 0 spiro atoms. The molecular weight excluding hydrogens is 397 g/mol. The van der Waals surface area contributed by atoms with Crippen molar-refractivity contribution in [1.82, 2.24) is 14.5 Å². The molecule has 2 heterocycles. The van der Waals surface area contributed by atoms with E-state index in [1.165, 1.54) is 16.7 Å². The van der Waals surface area contributed by atoms with Crippen molar-refractivity contribution in [1.29, 1.82) is 0 Å². The number of carbonyl (C=O) groups is 1. The Balaban J connectivity index is 1.57. The number of para-hydroxylation sites is 1. The van der Waals surface area contributed by atoms with Gasteiger partial charge in [0.25, 0.3) is 5.56 Å². The molecule has 0 atom stereocenters. The second-order valence-electron chi connectivity index (χ2n) is 7.70. The third kappa shape index (κ3) is 4.27. The number of ketones is 1. The third-order valence-electron chi connectivity index (χ3n) is 5.80. The number of Topliss-reactive ketones (excluding diaryl/α,β-unsaturated/α-hetero) is 1. The van der Waals surface area contributed by atoms with E-state index in [1.807, 2.05) is 6.92 Å². The Kier molecular flexibility index (Phi) is 5.95. The largest absolute Gasteiger partial charge is 0.328 e. The van der Waals surface area contributed by atoms with E-state index in [4.69, 9.17) is 0 Å². The van der Waals surface area contributed by atoms with Crippen LogP contribution in [0.3, 0.4) is 0 Å². The van der Waals surface area contributed by atoms with Crippen molar-refractivity contribution in [3.63, 3.8) is 0 Å². The predicted octanol–water partition coefficient (Wildman–Crippen LogP) is 2.97. The first-order valence-corrected chi connectivity index (χ1v) is 10.4. The van der Waals surface area contributed by atoms with Crippen LogP contribution in [-0.2, 0) is 11.3 Å². The number of H-pyrrole nitrogens is 1. The van der Waals surface area contributed by atoms with Crippen LogP contribution in [0.5, 0.6) is 0 Å². The number of hydrogen-bond donors (Lipinski definition) is 1. The number of halogens is 1. The van der Waals surface area contributed by atoms with Crippen molar-refractivity contribution < 1.29 is 9.18 Å². The second-order valence-corrected chi connectivity index (χ2v) is 7.70. The predicted molar refractivity (Wildman–Crippen MR) is 119 cm³/mol. The molecule has 0 radical (unpaired) electrons. The summed E-state index contributed by atoms with van der Waals surface area (Å²) in [5.41, 5.74) is 2.30. The van der Waals surface area contributed by atoms with Crippen molar-refractivity contribution in [2.45, 2.75) is 26.3 Å². The van der Waals surface area contributed by atoms with Crippen LogP contribution in [-0.4, -0.2) is 39.9 Å². The van der Waals surface area contributed by atoms with E-state index in [9.17, 15) is 18.8 Å². The van der Waals surface area contributed by atoms with Crippen LogP contribution >= 0.6 is 0 Å². The van der Waals surface area contributed by atoms with Crippen molar-refractivity contribution >= 4 is 22.3 Å². The maximum absolute atomic E-state index is 13.3. The number of hydrogen-bond acceptors (Lipinski definition) is 4. The number of aromatic amines is 1. The summed E-state index contributed by atoms with van der Waals surface area (Å²) < 4.78 is 14.5. The molecule has 1 aliphatic rings. The van der Waals surface area contributed by atoms with Crippen molar-refractivity contribution in [3.8, 4) is 0 Å². The van der Waals surface area contributed by atoms with Crippen molar-refractivity contribution in [2.24, 2.45) is 0 Å². The summed E-state index contributed by atoms with van der Waals surface area (Å²) in [5, 5.41) is 0.473. The Labute approximate surface area is 178 Å². The van der Waals surface area contributed by atoms with Crippen LogP contribution < -0.4 is 11.2 Å². The first-order chi connectivity index (χ1) is 15.0. The van der Waals surface area contributed by atoms with Gasteiger partial charge < -0.3 is 4.98 Å². The number of nitrogens with zero attached hydrogens (tertiary/aromatic N) is 2. The van der Waals surface area contributed by atoms with Crippen LogP contribution in [0.1, 0.15) is 25.3 Å². The van der Waals surface area contributed by atoms with E-state index in [-0.39, 0.29) is 23.7 Å². The first kappa shape index (κ1) is 20.9. The lowest BCUT2D eigenvalue weighted by Gasteiger charge is -2.30. The molecule has 0 fully saturated rings. The van der Waals surface area contributed by atoms with Gasteiger partial charge >= 0.3 is 5.69 Å². The summed E-state index contributed by atoms with van der Waals surface area (Å²) in [5.74, 6) is -0.249. The molecule has 1 aliphatic heterocycles. The zero-order valence-corrected chi connectivity index (χ0v) is 17.4. The molecule has 0 amide bonds. The van der Waals surface area contributed by atoms with Gasteiger partial charge in [-0.15, -0.1) is 0 Å². The van der Waals surface area contributed by atoms with Gasteiger partial charge in [0, 0.05) is 38.2 Å². The molecule has 160 valence electrons. The lowest BCUT2D eigenvalue weighted by Crippen LogP contribution is -2.41. The molecule has 4 rings (SSSR count). The molecule has 31 heavy (non-hydrogen) atoms. The molecule has 0 bridgehead atoms. The van der Waals surface area contributed by atoms with E-state index in [0.717, 1.165) is 16.7 Å². The van der Waals surface area contributed by atoms with Gasteiger partial charge in [-0.3, -0.25) is 19.1 Å². The summed E-state index contributed by atoms with van der Waals surface area (Å²) in [6.45, 7) is 3.66. The highest BCUT2D eigenvalue weighted by molar-refractivity contribution is 6.03. The van der Waals surface area contributed by atoms with E-state index >= 15 is 0 Å². The number of carbonyl (C=O) groups excluding carboxylic acids is 1. The average molecular weight is 421 g/mol. The normalized spacial score (nSPS) is 14.9. The van der Waals surface area contributed by atoms with Gasteiger partial charge in [-0.2, -0.15) is 0 Å². The molecule has 0 saturated carbocycles. The van der Waals surface area contributed by atoms with E-state index in [0.29, 0.717) is 43.4 Å². The van der Waals surface area contributed by atoms with Crippen LogP contribution in [0.25, 0.3) is 16.5 Å². The monoisotopic (exact) mass is 421 g/mol. The number of rotatable bonds is 6. The van der Waals surface area contributed by atoms with Gasteiger partial charge in [-0.25, -0.2) is 9.18 Å². The molecule has 6 nitrogen and oxygen atoms in total.